The van der Waals surface area contributed by atoms with Gasteiger partial charge in [0.15, 0.2) is 0 Å². The highest BCUT2D eigenvalue weighted by atomic mass is 32.2. The summed E-state index contributed by atoms with van der Waals surface area (Å²) < 4.78 is 31.5. The quantitative estimate of drug-likeness (QED) is 0.693. The van der Waals surface area contributed by atoms with Crippen LogP contribution in [0.15, 0.2) is 29.2 Å². The van der Waals surface area contributed by atoms with Crippen LogP contribution in [0.3, 0.4) is 0 Å². The summed E-state index contributed by atoms with van der Waals surface area (Å²) in [5.74, 6) is -0.0850. The number of carbonyl (C=O) groups is 1. The third-order valence-corrected chi connectivity index (χ3v) is 5.66. The molecule has 0 aliphatic carbocycles. The van der Waals surface area contributed by atoms with E-state index in [0.717, 1.165) is 25.9 Å². The molecule has 134 valence electrons. The van der Waals surface area contributed by atoms with Crippen LogP contribution in [0.5, 0.6) is 0 Å². The first-order chi connectivity index (χ1) is 11.5. The fraction of sp³-hybridized carbons (Fsp3) is 0.562. The highest BCUT2D eigenvalue weighted by molar-refractivity contribution is 7.89. The van der Waals surface area contributed by atoms with Gasteiger partial charge in [0.25, 0.3) is 5.91 Å². The second-order valence-electron chi connectivity index (χ2n) is 5.81. The monoisotopic (exact) mass is 355 g/mol. The molecule has 1 saturated heterocycles. The molecular weight excluding hydrogens is 330 g/mol. The van der Waals surface area contributed by atoms with E-state index in [0.29, 0.717) is 12.2 Å². The van der Waals surface area contributed by atoms with E-state index in [2.05, 4.69) is 10.0 Å². The zero-order valence-electron chi connectivity index (χ0n) is 14.1. The van der Waals surface area contributed by atoms with Gasteiger partial charge in [-0.3, -0.25) is 4.79 Å². The first-order valence-electron chi connectivity index (χ1n) is 8.02. The maximum absolute atomic E-state index is 12.5. The summed E-state index contributed by atoms with van der Waals surface area (Å²) >= 11 is 0. The van der Waals surface area contributed by atoms with Gasteiger partial charge in [-0.1, -0.05) is 0 Å². The topological polar surface area (TPSA) is 87.7 Å². The molecular formula is C16H25N3O4S. The Bertz CT molecular complexity index is 640. The maximum Gasteiger partial charge on any atom is 0.253 e. The molecule has 8 heteroatoms. The van der Waals surface area contributed by atoms with E-state index in [9.17, 15) is 13.2 Å². The molecule has 1 fully saturated rings. The summed E-state index contributed by atoms with van der Waals surface area (Å²) in [6.45, 7) is 2.33. The predicted molar refractivity (Wildman–Crippen MR) is 91.5 cm³/mol. The number of nitrogens with zero attached hydrogens (tertiary/aromatic N) is 1. The number of hydrogen-bond donors (Lipinski definition) is 2. The van der Waals surface area contributed by atoms with Crippen molar-refractivity contribution in [2.45, 2.75) is 23.8 Å². The Morgan fingerprint density at radius 3 is 2.50 bits per heavy atom. The Morgan fingerprint density at radius 2 is 1.92 bits per heavy atom. The van der Waals surface area contributed by atoms with Crippen molar-refractivity contribution in [1.29, 1.82) is 0 Å². The van der Waals surface area contributed by atoms with E-state index in [1.54, 1.807) is 24.1 Å². The van der Waals surface area contributed by atoms with Crippen LogP contribution in [0.4, 0.5) is 0 Å². The Labute approximate surface area is 143 Å². The van der Waals surface area contributed by atoms with Crippen LogP contribution in [-0.4, -0.2) is 65.7 Å². The van der Waals surface area contributed by atoms with Crippen LogP contribution in [0.2, 0.25) is 0 Å². The van der Waals surface area contributed by atoms with E-state index < -0.39 is 10.0 Å². The number of sulfonamides is 1. The van der Waals surface area contributed by atoms with Crippen molar-refractivity contribution in [3.8, 4) is 0 Å². The van der Waals surface area contributed by atoms with E-state index >= 15 is 0 Å². The standard InChI is InChI=1S/C16H25N3O4S/c1-19(14-7-9-17-10-8-14)16(20)13-3-5-15(6-4-13)24(21,22)18-11-12-23-2/h3-6,14,17-18H,7-12H2,1-2H3. The smallest absolute Gasteiger partial charge is 0.253 e. The molecule has 0 bridgehead atoms. The minimum absolute atomic E-state index is 0.0850. The van der Waals surface area contributed by atoms with Gasteiger partial charge in [0, 0.05) is 32.3 Å². The molecule has 1 amide bonds. The van der Waals surface area contributed by atoms with Gasteiger partial charge in [0.2, 0.25) is 10.0 Å². The fourth-order valence-corrected chi connectivity index (χ4v) is 3.71. The van der Waals surface area contributed by atoms with Gasteiger partial charge in [-0.2, -0.15) is 0 Å². The number of hydrogen-bond acceptors (Lipinski definition) is 5. The number of benzene rings is 1. The zero-order chi connectivity index (χ0) is 17.6. The molecule has 1 aromatic carbocycles. The Balaban J connectivity index is 2.04. The highest BCUT2D eigenvalue weighted by Crippen LogP contribution is 2.16. The molecule has 0 radical (unpaired) electrons. The number of methoxy groups -OCH3 is 1. The Kier molecular flexibility index (Phi) is 6.73. The molecule has 2 rings (SSSR count). The maximum atomic E-state index is 12.5. The van der Waals surface area contributed by atoms with Gasteiger partial charge in [0.05, 0.1) is 11.5 Å². The zero-order valence-corrected chi connectivity index (χ0v) is 14.9. The first-order valence-corrected chi connectivity index (χ1v) is 9.50. The van der Waals surface area contributed by atoms with Crippen molar-refractivity contribution in [3.05, 3.63) is 29.8 Å². The van der Waals surface area contributed by atoms with Crippen LogP contribution in [0, 0.1) is 0 Å². The van der Waals surface area contributed by atoms with Crippen molar-refractivity contribution < 1.29 is 17.9 Å². The summed E-state index contributed by atoms with van der Waals surface area (Å²) in [7, 11) is -0.270. The minimum atomic E-state index is -3.58. The van der Waals surface area contributed by atoms with Gasteiger partial charge in [-0.05, 0) is 50.2 Å². The van der Waals surface area contributed by atoms with Gasteiger partial charge < -0.3 is 15.0 Å². The molecule has 7 nitrogen and oxygen atoms in total. The molecule has 2 N–H and O–H groups in total. The number of amides is 1. The lowest BCUT2D eigenvalue weighted by Crippen LogP contribution is -2.43. The summed E-state index contributed by atoms with van der Waals surface area (Å²) in [4.78, 5) is 14.4. The average molecular weight is 355 g/mol. The van der Waals surface area contributed by atoms with Crippen LogP contribution in [0.25, 0.3) is 0 Å². The van der Waals surface area contributed by atoms with Crippen molar-refractivity contribution in [3.63, 3.8) is 0 Å². The lowest BCUT2D eigenvalue weighted by molar-refractivity contribution is 0.0703. The normalized spacial score (nSPS) is 16.1. The third kappa shape index (κ3) is 4.76. The third-order valence-electron chi connectivity index (χ3n) is 4.19. The van der Waals surface area contributed by atoms with Crippen molar-refractivity contribution in [1.82, 2.24) is 14.9 Å². The van der Waals surface area contributed by atoms with Crippen LogP contribution in [0.1, 0.15) is 23.2 Å². The number of ether oxygens (including phenoxy) is 1. The first kappa shape index (κ1) is 18.9. The average Bonchev–Trinajstić information content (AvgIpc) is 2.61. The van der Waals surface area contributed by atoms with Gasteiger partial charge >= 0.3 is 0 Å². The highest BCUT2D eigenvalue weighted by Gasteiger charge is 2.23. The van der Waals surface area contributed by atoms with Crippen molar-refractivity contribution >= 4 is 15.9 Å². The second-order valence-corrected chi connectivity index (χ2v) is 7.58. The van der Waals surface area contributed by atoms with Crippen LogP contribution >= 0.6 is 0 Å². The molecule has 0 atom stereocenters. The van der Waals surface area contributed by atoms with Crippen molar-refractivity contribution in [2.75, 3.05) is 40.4 Å². The largest absolute Gasteiger partial charge is 0.383 e. The van der Waals surface area contributed by atoms with E-state index in [1.165, 1.54) is 19.2 Å². The van der Waals surface area contributed by atoms with Crippen molar-refractivity contribution in [2.24, 2.45) is 0 Å². The predicted octanol–water partition coefficient (Wildman–Crippen LogP) is 0.435. The minimum Gasteiger partial charge on any atom is -0.383 e. The number of piperidine rings is 1. The summed E-state index contributed by atoms with van der Waals surface area (Å²) in [6.07, 6.45) is 1.86. The summed E-state index contributed by atoms with van der Waals surface area (Å²) in [6, 6.07) is 6.25. The lowest BCUT2D eigenvalue weighted by atomic mass is 10.0. The summed E-state index contributed by atoms with van der Waals surface area (Å²) in [5, 5.41) is 3.27. The SMILES string of the molecule is COCCNS(=O)(=O)c1ccc(C(=O)N(C)C2CCNCC2)cc1. The van der Waals surface area contributed by atoms with E-state index in [-0.39, 0.29) is 23.4 Å². The molecule has 1 aromatic rings. The number of carbonyl (C=O) groups excluding carboxylic acids is 1. The van der Waals surface area contributed by atoms with Gasteiger partial charge in [-0.15, -0.1) is 0 Å². The molecule has 0 unspecified atom stereocenters. The molecule has 0 aromatic heterocycles. The fourth-order valence-electron chi connectivity index (χ4n) is 2.70. The van der Waals surface area contributed by atoms with Crippen LogP contribution in [-0.2, 0) is 14.8 Å². The Morgan fingerprint density at radius 1 is 1.29 bits per heavy atom. The molecule has 0 spiro atoms. The molecule has 1 aliphatic heterocycles. The molecule has 1 aliphatic rings. The summed E-state index contributed by atoms with van der Waals surface area (Å²) in [5.41, 5.74) is 0.492. The molecule has 0 saturated carbocycles. The number of rotatable bonds is 7. The van der Waals surface area contributed by atoms with Gasteiger partial charge in [-0.25, -0.2) is 13.1 Å². The molecule has 24 heavy (non-hydrogen) atoms. The molecule has 1 heterocycles. The number of nitrogens with one attached hydrogen (secondary N) is 2. The van der Waals surface area contributed by atoms with Gasteiger partial charge in [0.1, 0.15) is 0 Å². The van der Waals surface area contributed by atoms with Crippen LogP contribution < -0.4 is 10.0 Å². The second kappa shape index (κ2) is 8.57. The lowest BCUT2D eigenvalue weighted by Gasteiger charge is -2.31. The Hall–Kier alpha value is -1.48. The van der Waals surface area contributed by atoms with E-state index in [4.69, 9.17) is 4.74 Å². The van der Waals surface area contributed by atoms with E-state index in [1.807, 2.05) is 0 Å².